The minimum Gasteiger partial charge on any atom is -0.399 e. The lowest BCUT2D eigenvalue weighted by molar-refractivity contribution is 0.628. The standard InChI is InChI=1S/C24H16ClFN4/c25-20-13-18(8-9-21(20)26)28-24-19-12-17(27)7-10-22(19)29-23(30-24)16-6-5-14-3-1-2-4-15(14)11-16/h1-13H,27H2,(H,28,29,30). The highest BCUT2D eigenvalue weighted by molar-refractivity contribution is 6.31. The molecule has 0 unspecified atom stereocenters. The second kappa shape index (κ2) is 7.28. The topological polar surface area (TPSA) is 63.8 Å². The van der Waals surface area contributed by atoms with Crippen LogP contribution in [0.4, 0.5) is 21.6 Å². The Morgan fingerprint density at radius 2 is 1.67 bits per heavy atom. The molecule has 0 bridgehead atoms. The summed E-state index contributed by atoms with van der Waals surface area (Å²) < 4.78 is 13.6. The zero-order valence-electron chi connectivity index (χ0n) is 15.7. The molecule has 3 N–H and O–H groups in total. The number of anilines is 3. The SMILES string of the molecule is Nc1ccc2nc(-c3ccc4ccccc4c3)nc(Nc3ccc(F)c(Cl)c3)c2c1. The number of nitrogens with two attached hydrogens (primary N) is 1. The Hall–Kier alpha value is -3.70. The van der Waals surface area contributed by atoms with Gasteiger partial charge in [0.2, 0.25) is 0 Å². The van der Waals surface area contributed by atoms with Crippen molar-refractivity contribution in [2.45, 2.75) is 0 Å². The predicted molar refractivity (Wildman–Crippen MR) is 122 cm³/mol. The van der Waals surface area contributed by atoms with Crippen molar-refractivity contribution in [2.75, 3.05) is 11.1 Å². The molecule has 5 aromatic rings. The minimum atomic E-state index is -0.476. The highest BCUT2D eigenvalue weighted by atomic mass is 35.5. The van der Waals surface area contributed by atoms with E-state index in [-0.39, 0.29) is 5.02 Å². The first-order valence-electron chi connectivity index (χ1n) is 9.35. The van der Waals surface area contributed by atoms with Crippen molar-refractivity contribution in [1.82, 2.24) is 9.97 Å². The maximum atomic E-state index is 13.6. The maximum Gasteiger partial charge on any atom is 0.162 e. The Morgan fingerprint density at radius 3 is 2.50 bits per heavy atom. The van der Waals surface area contributed by atoms with Gasteiger partial charge in [-0.15, -0.1) is 0 Å². The fraction of sp³-hybridized carbons (Fsp3) is 0. The Bertz CT molecular complexity index is 1420. The number of nitrogen functional groups attached to an aromatic ring is 1. The molecular formula is C24H16ClFN4. The largest absolute Gasteiger partial charge is 0.399 e. The summed E-state index contributed by atoms with van der Waals surface area (Å²) in [6, 6.07) is 24.2. The molecule has 0 saturated heterocycles. The second-order valence-electron chi connectivity index (χ2n) is 6.99. The van der Waals surface area contributed by atoms with Crippen LogP contribution in [-0.4, -0.2) is 9.97 Å². The van der Waals surface area contributed by atoms with Gasteiger partial charge in [0.1, 0.15) is 11.6 Å². The van der Waals surface area contributed by atoms with Gasteiger partial charge in [0.15, 0.2) is 5.82 Å². The summed E-state index contributed by atoms with van der Waals surface area (Å²) in [6.07, 6.45) is 0. The van der Waals surface area contributed by atoms with E-state index in [2.05, 4.69) is 23.5 Å². The van der Waals surface area contributed by atoms with E-state index >= 15 is 0 Å². The second-order valence-corrected chi connectivity index (χ2v) is 7.40. The summed E-state index contributed by atoms with van der Waals surface area (Å²) in [5.74, 6) is 0.669. The Morgan fingerprint density at radius 1 is 0.833 bits per heavy atom. The van der Waals surface area contributed by atoms with Gasteiger partial charge in [-0.1, -0.05) is 48.0 Å². The van der Waals surface area contributed by atoms with Crippen LogP contribution >= 0.6 is 11.6 Å². The van der Waals surface area contributed by atoms with Crippen LogP contribution < -0.4 is 11.1 Å². The monoisotopic (exact) mass is 414 g/mol. The molecular weight excluding hydrogens is 399 g/mol. The number of halogens is 2. The van der Waals surface area contributed by atoms with E-state index in [9.17, 15) is 4.39 Å². The van der Waals surface area contributed by atoms with Gasteiger partial charge in [0.05, 0.1) is 10.5 Å². The molecule has 1 aromatic heterocycles. The molecule has 30 heavy (non-hydrogen) atoms. The molecule has 0 aliphatic rings. The summed E-state index contributed by atoms with van der Waals surface area (Å²) in [7, 11) is 0. The number of rotatable bonds is 3. The smallest absolute Gasteiger partial charge is 0.162 e. The van der Waals surface area contributed by atoms with Crippen molar-refractivity contribution in [3.8, 4) is 11.4 Å². The number of nitrogens with one attached hydrogen (secondary N) is 1. The fourth-order valence-corrected chi connectivity index (χ4v) is 3.59. The van der Waals surface area contributed by atoms with Crippen LogP contribution in [0.1, 0.15) is 0 Å². The van der Waals surface area contributed by atoms with Crippen LogP contribution in [0.3, 0.4) is 0 Å². The number of nitrogens with zero attached hydrogens (tertiary/aromatic N) is 2. The first-order chi connectivity index (χ1) is 14.6. The third-order valence-electron chi connectivity index (χ3n) is 4.91. The predicted octanol–water partition coefficient (Wildman–Crippen LogP) is 6.57. The van der Waals surface area contributed by atoms with Crippen LogP contribution in [0, 0.1) is 5.82 Å². The van der Waals surface area contributed by atoms with Gasteiger partial charge in [-0.2, -0.15) is 0 Å². The van der Waals surface area contributed by atoms with Gasteiger partial charge >= 0.3 is 0 Å². The lowest BCUT2D eigenvalue weighted by Gasteiger charge is -2.12. The van der Waals surface area contributed by atoms with Gasteiger partial charge < -0.3 is 11.1 Å². The van der Waals surface area contributed by atoms with Crippen molar-refractivity contribution in [1.29, 1.82) is 0 Å². The van der Waals surface area contributed by atoms with E-state index in [1.165, 1.54) is 12.1 Å². The number of aromatic nitrogens is 2. The number of hydrogen-bond donors (Lipinski definition) is 2. The lowest BCUT2D eigenvalue weighted by Crippen LogP contribution is -2.00. The summed E-state index contributed by atoms with van der Waals surface area (Å²) in [4.78, 5) is 9.49. The Kier molecular flexibility index (Phi) is 4.45. The average Bonchev–Trinajstić information content (AvgIpc) is 2.76. The van der Waals surface area contributed by atoms with Gasteiger partial charge in [-0.05, 0) is 53.2 Å². The third kappa shape index (κ3) is 3.40. The Labute approximate surface area is 177 Å². The van der Waals surface area contributed by atoms with E-state index in [4.69, 9.17) is 27.3 Å². The zero-order chi connectivity index (χ0) is 20.7. The zero-order valence-corrected chi connectivity index (χ0v) is 16.5. The quantitative estimate of drug-likeness (QED) is 0.328. The average molecular weight is 415 g/mol. The molecule has 5 rings (SSSR count). The molecule has 1 heterocycles. The molecule has 0 spiro atoms. The van der Waals surface area contributed by atoms with E-state index < -0.39 is 5.82 Å². The van der Waals surface area contributed by atoms with Gasteiger partial charge in [0.25, 0.3) is 0 Å². The molecule has 6 heteroatoms. The summed E-state index contributed by atoms with van der Waals surface area (Å²) >= 11 is 5.94. The molecule has 0 radical (unpaired) electrons. The Balaban J connectivity index is 1.67. The molecule has 0 fully saturated rings. The van der Waals surface area contributed by atoms with Crippen LogP contribution in [0.15, 0.2) is 78.9 Å². The van der Waals surface area contributed by atoms with Crippen LogP contribution in [0.2, 0.25) is 5.02 Å². The first kappa shape index (κ1) is 18.3. The summed E-state index contributed by atoms with van der Waals surface area (Å²) in [5, 5.41) is 6.29. The van der Waals surface area contributed by atoms with Crippen molar-refractivity contribution in [3.05, 3.63) is 89.7 Å². The van der Waals surface area contributed by atoms with Crippen LogP contribution in [0.25, 0.3) is 33.1 Å². The van der Waals surface area contributed by atoms with Crippen molar-refractivity contribution >= 4 is 50.5 Å². The molecule has 0 amide bonds. The molecule has 146 valence electrons. The van der Waals surface area contributed by atoms with Gasteiger partial charge in [0, 0.05) is 22.3 Å². The maximum absolute atomic E-state index is 13.6. The number of hydrogen-bond acceptors (Lipinski definition) is 4. The first-order valence-corrected chi connectivity index (χ1v) is 9.73. The van der Waals surface area contributed by atoms with Crippen LogP contribution in [-0.2, 0) is 0 Å². The number of benzene rings is 4. The fourth-order valence-electron chi connectivity index (χ4n) is 3.41. The molecule has 0 aliphatic heterocycles. The van der Waals surface area contributed by atoms with E-state index in [1.54, 1.807) is 12.1 Å². The molecule has 0 atom stereocenters. The molecule has 4 nitrogen and oxygen atoms in total. The van der Waals surface area contributed by atoms with Gasteiger partial charge in [-0.3, -0.25) is 0 Å². The van der Waals surface area contributed by atoms with Crippen molar-refractivity contribution < 1.29 is 4.39 Å². The highest BCUT2D eigenvalue weighted by Crippen LogP contribution is 2.31. The van der Waals surface area contributed by atoms with Crippen molar-refractivity contribution in [2.24, 2.45) is 0 Å². The molecule has 0 saturated carbocycles. The normalized spacial score (nSPS) is 11.1. The van der Waals surface area contributed by atoms with Crippen molar-refractivity contribution in [3.63, 3.8) is 0 Å². The summed E-state index contributed by atoms with van der Waals surface area (Å²) in [5.41, 5.74) is 8.85. The van der Waals surface area contributed by atoms with E-state index in [0.29, 0.717) is 23.0 Å². The van der Waals surface area contributed by atoms with Gasteiger partial charge in [-0.25, -0.2) is 14.4 Å². The van der Waals surface area contributed by atoms with E-state index in [1.807, 2.05) is 36.4 Å². The summed E-state index contributed by atoms with van der Waals surface area (Å²) in [6.45, 7) is 0. The van der Waals surface area contributed by atoms with Crippen LogP contribution in [0.5, 0.6) is 0 Å². The highest BCUT2D eigenvalue weighted by Gasteiger charge is 2.12. The third-order valence-corrected chi connectivity index (χ3v) is 5.20. The lowest BCUT2D eigenvalue weighted by atomic mass is 10.1. The molecule has 0 aliphatic carbocycles. The van der Waals surface area contributed by atoms with E-state index in [0.717, 1.165) is 27.2 Å². The number of fused-ring (bicyclic) bond motifs is 2. The minimum absolute atomic E-state index is 0.0348. The molecule has 4 aromatic carbocycles.